The van der Waals surface area contributed by atoms with E-state index in [2.05, 4.69) is 5.32 Å². The lowest BCUT2D eigenvalue weighted by molar-refractivity contribution is -0.119. The number of hydrogen-bond acceptors (Lipinski definition) is 3. The number of amides is 1. The molecule has 0 spiro atoms. The van der Waals surface area contributed by atoms with Crippen molar-refractivity contribution >= 4 is 11.6 Å². The number of benzene rings is 3. The van der Waals surface area contributed by atoms with Gasteiger partial charge in [-0.25, -0.2) is 0 Å². The molecule has 3 aromatic carbocycles. The molecule has 0 aromatic heterocycles. The first-order valence-electron chi connectivity index (χ1n) is 8.74. The van der Waals surface area contributed by atoms with Gasteiger partial charge in [-0.1, -0.05) is 60.7 Å². The van der Waals surface area contributed by atoms with Crippen LogP contribution in [0.1, 0.15) is 18.1 Å². The van der Waals surface area contributed by atoms with Crippen LogP contribution in [0.15, 0.2) is 78.9 Å². The number of hydrogen-bond donors (Lipinski definition) is 1. The largest absolute Gasteiger partial charge is 0.497 e. The highest BCUT2D eigenvalue weighted by atomic mass is 16.5. The highest BCUT2D eigenvalue weighted by Gasteiger charge is 2.37. The first-order chi connectivity index (χ1) is 13.1. The Labute approximate surface area is 159 Å². The summed E-state index contributed by atoms with van der Waals surface area (Å²) in [6, 6.07) is 24.9. The van der Waals surface area contributed by atoms with Gasteiger partial charge in [0.15, 0.2) is 0 Å². The molecule has 0 fully saturated rings. The lowest BCUT2D eigenvalue weighted by atomic mass is 9.75. The van der Waals surface area contributed by atoms with Gasteiger partial charge in [-0.2, -0.15) is 0 Å². The van der Waals surface area contributed by atoms with Crippen LogP contribution in [0.2, 0.25) is 0 Å². The Morgan fingerprint density at radius 1 is 0.815 bits per heavy atom. The van der Waals surface area contributed by atoms with Crippen molar-refractivity contribution in [1.29, 1.82) is 0 Å². The van der Waals surface area contributed by atoms with E-state index in [0.29, 0.717) is 17.2 Å². The predicted molar refractivity (Wildman–Crippen MR) is 108 cm³/mol. The summed E-state index contributed by atoms with van der Waals surface area (Å²) in [6.45, 7) is 1.93. The molecule has 0 aliphatic carbocycles. The van der Waals surface area contributed by atoms with Crippen molar-refractivity contribution in [3.05, 3.63) is 90.0 Å². The molecule has 1 N–H and O–H groups in total. The first-order valence-corrected chi connectivity index (χ1v) is 8.74. The summed E-state index contributed by atoms with van der Waals surface area (Å²) in [4.78, 5) is 13.5. The molecule has 0 heterocycles. The van der Waals surface area contributed by atoms with Crippen molar-refractivity contribution in [2.24, 2.45) is 0 Å². The number of nitrogens with one attached hydrogen (secondary N) is 1. The van der Waals surface area contributed by atoms with Gasteiger partial charge in [0.1, 0.15) is 11.5 Å². The minimum Gasteiger partial charge on any atom is -0.497 e. The number of ether oxygens (including phenoxy) is 2. The van der Waals surface area contributed by atoms with E-state index in [-0.39, 0.29) is 5.91 Å². The molecule has 3 aromatic rings. The van der Waals surface area contributed by atoms with Gasteiger partial charge in [0.05, 0.1) is 25.3 Å². The van der Waals surface area contributed by atoms with Gasteiger partial charge in [0, 0.05) is 6.07 Å². The lowest BCUT2D eigenvalue weighted by Gasteiger charge is -2.30. The van der Waals surface area contributed by atoms with E-state index in [1.54, 1.807) is 32.4 Å². The predicted octanol–water partition coefficient (Wildman–Crippen LogP) is 4.65. The smallest absolute Gasteiger partial charge is 0.239 e. The Morgan fingerprint density at radius 3 is 1.85 bits per heavy atom. The Hall–Kier alpha value is -3.27. The van der Waals surface area contributed by atoms with Crippen LogP contribution in [0.25, 0.3) is 0 Å². The molecule has 138 valence electrons. The van der Waals surface area contributed by atoms with E-state index in [9.17, 15) is 4.79 Å². The van der Waals surface area contributed by atoms with E-state index in [1.807, 2.05) is 67.6 Å². The zero-order valence-electron chi connectivity index (χ0n) is 15.7. The van der Waals surface area contributed by atoms with Crippen molar-refractivity contribution < 1.29 is 14.3 Å². The number of anilines is 1. The molecule has 0 saturated heterocycles. The topological polar surface area (TPSA) is 47.6 Å². The van der Waals surface area contributed by atoms with Crippen molar-refractivity contribution in [3.8, 4) is 11.5 Å². The molecule has 3 rings (SSSR count). The van der Waals surface area contributed by atoms with Gasteiger partial charge in [0.25, 0.3) is 0 Å². The second-order valence-electron chi connectivity index (χ2n) is 6.38. The second kappa shape index (κ2) is 7.96. The normalized spacial score (nSPS) is 10.9. The molecule has 0 aliphatic heterocycles. The van der Waals surface area contributed by atoms with Crippen LogP contribution in [0.5, 0.6) is 11.5 Å². The highest BCUT2D eigenvalue weighted by molar-refractivity contribution is 6.02. The van der Waals surface area contributed by atoms with Crippen LogP contribution in [0, 0.1) is 0 Å². The monoisotopic (exact) mass is 361 g/mol. The molecule has 0 radical (unpaired) electrons. The maximum Gasteiger partial charge on any atom is 0.239 e. The average molecular weight is 361 g/mol. The van der Waals surface area contributed by atoms with Crippen LogP contribution in [-0.2, 0) is 10.2 Å². The van der Waals surface area contributed by atoms with Gasteiger partial charge in [0.2, 0.25) is 5.91 Å². The molecule has 1 amide bonds. The van der Waals surface area contributed by atoms with Gasteiger partial charge in [-0.05, 0) is 30.2 Å². The third-order valence-electron chi connectivity index (χ3n) is 4.81. The van der Waals surface area contributed by atoms with Crippen LogP contribution in [0.3, 0.4) is 0 Å². The molecule has 4 nitrogen and oxygen atoms in total. The van der Waals surface area contributed by atoms with Crippen LogP contribution in [0.4, 0.5) is 5.69 Å². The van der Waals surface area contributed by atoms with E-state index >= 15 is 0 Å². The zero-order valence-corrected chi connectivity index (χ0v) is 15.7. The molecule has 27 heavy (non-hydrogen) atoms. The molecule has 0 bridgehead atoms. The quantitative estimate of drug-likeness (QED) is 0.695. The summed E-state index contributed by atoms with van der Waals surface area (Å²) < 4.78 is 10.6. The number of carbonyl (C=O) groups excluding carboxylic acids is 1. The molecule has 0 atom stereocenters. The summed E-state index contributed by atoms with van der Waals surface area (Å²) in [5, 5.41) is 3.03. The Morgan fingerprint density at radius 2 is 1.37 bits per heavy atom. The Bertz CT molecular complexity index is 868. The molecule has 0 saturated carbocycles. The molecular weight excluding hydrogens is 338 g/mol. The summed E-state index contributed by atoms with van der Waals surface area (Å²) >= 11 is 0. The van der Waals surface area contributed by atoms with Crippen LogP contribution in [-0.4, -0.2) is 20.1 Å². The fourth-order valence-electron chi connectivity index (χ4n) is 3.12. The summed E-state index contributed by atoms with van der Waals surface area (Å²) in [5.74, 6) is 1.08. The van der Waals surface area contributed by atoms with Crippen molar-refractivity contribution in [2.45, 2.75) is 12.3 Å². The van der Waals surface area contributed by atoms with Crippen molar-refractivity contribution in [2.75, 3.05) is 19.5 Å². The third-order valence-corrected chi connectivity index (χ3v) is 4.81. The van der Waals surface area contributed by atoms with E-state index in [1.165, 1.54) is 0 Å². The van der Waals surface area contributed by atoms with Gasteiger partial charge in [-0.15, -0.1) is 0 Å². The highest BCUT2D eigenvalue weighted by Crippen LogP contribution is 2.35. The SMILES string of the molecule is COc1ccc(NC(=O)C(C)(c2ccccc2)c2ccccc2)c(OC)c1. The maximum atomic E-state index is 13.5. The lowest BCUT2D eigenvalue weighted by Crippen LogP contribution is -2.38. The van der Waals surface area contributed by atoms with E-state index < -0.39 is 5.41 Å². The van der Waals surface area contributed by atoms with Crippen molar-refractivity contribution in [3.63, 3.8) is 0 Å². The first kappa shape index (κ1) is 18.5. The van der Waals surface area contributed by atoms with E-state index in [4.69, 9.17) is 9.47 Å². The van der Waals surface area contributed by atoms with E-state index in [0.717, 1.165) is 11.1 Å². The zero-order chi connectivity index (χ0) is 19.3. The average Bonchev–Trinajstić information content (AvgIpc) is 2.74. The Balaban J connectivity index is 2.03. The molecule has 0 unspecified atom stereocenters. The van der Waals surface area contributed by atoms with Crippen molar-refractivity contribution in [1.82, 2.24) is 0 Å². The number of methoxy groups -OCH3 is 2. The summed E-state index contributed by atoms with van der Waals surface area (Å²) in [5.41, 5.74) is 1.58. The summed E-state index contributed by atoms with van der Waals surface area (Å²) in [7, 11) is 3.16. The minimum absolute atomic E-state index is 0.136. The number of carbonyl (C=O) groups is 1. The number of rotatable bonds is 6. The fourth-order valence-corrected chi connectivity index (χ4v) is 3.12. The maximum absolute atomic E-state index is 13.5. The Kier molecular flexibility index (Phi) is 5.46. The molecule has 4 heteroatoms. The summed E-state index contributed by atoms with van der Waals surface area (Å²) in [6.07, 6.45) is 0. The van der Waals surface area contributed by atoms with Crippen LogP contribution < -0.4 is 14.8 Å². The van der Waals surface area contributed by atoms with Gasteiger partial charge < -0.3 is 14.8 Å². The minimum atomic E-state index is -0.854. The second-order valence-corrected chi connectivity index (χ2v) is 6.38. The van der Waals surface area contributed by atoms with Crippen LogP contribution >= 0.6 is 0 Å². The fraction of sp³-hybridized carbons (Fsp3) is 0.174. The molecular formula is C23H23NO3. The van der Waals surface area contributed by atoms with Gasteiger partial charge in [-0.3, -0.25) is 4.79 Å². The standard InChI is InChI=1S/C23H23NO3/c1-23(17-10-6-4-7-11-17,18-12-8-5-9-13-18)22(25)24-20-15-14-19(26-2)16-21(20)27-3/h4-16H,1-3H3,(H,24,25). The van der Waals surface area contributed by atoms with Gasteiger partial charge >= 0.3 is 0 Å². The third kappa shape index (κ3) is 3.65. The molecule has 0 aliphatic rings.